The number of rotatable bonds is 4. The molecule has 0 heterocycles. The van der Waals surface area contributed by atoms with Crippen molar-refractivity contribution in [3.8, 4) is 11.5 Å². The molecule has 2 aromatic carbocycles. The van der Waals surface area contributed by atoms with E-state index < -0.39 is 8.38 Å². The molecular formula is C23H33O2P. The molecule has 142 valence electrons. The maximum absolute atomic E-state index is 6.37. The van der Waals surface area contributed by atoms with E-state index in [2.05, 4.69) is 91.8 Å². The molecule has 0 atom stereocenters. The van der Waals surface area contributed by atoms with Gasteiger partial charge in [0.1, 0.15) is 11.5 Å². The SMILES string of the molecule is Cc1cccc(C(C)(C)C)c1OP(C)Oc1c(C)cccc1C(C)(C)C. The molecule has 0 N–H and O–H groups in total. The fourth-order valence-electron chi connectivity index (χ4n) is 3.00. The minimum atomic E-state index is -1.09. The first-order valence-corrected chi connectivity index (χ1v) is 10.8. The third-order valence-corrected chi connectivity index (χ3v) is 5.36. The molecule has 2 nitrogen and oxygen atoms in total. The van der Waals surface area contributed by atoms with E-state index in [1.165, 1.54) is 11.1 Å². The van der Waals surface area contributed by atoms with Gasteiger partial charge >= 0.3 is 0 Å². The Kier molecular flexibility index (Phi) is 6.08. The molecule has 0 aliphatic heterocycles. The van der Waals surface area contributed by atoms with Gasteiger partial charge in [-0.1, -0.05) is 77.9 Å². The maximum Gasteiger partial charge on any atom is 0.287 e. The second kappa shape index (κ2) is 7.61. The van der Waals surface area contributed by atoms with Crippen LogP contribution in [0.2, 0.25) is 0 Å². The van der Waals surface area contributed by atoms with Crippen molar-refractivity contribution < 1.29 is 9.05 Å². The lowest BCUT2D eigenvalue weighted by molar-refractivity contribution is 0.461. The van der Waals surface area contributed by atoms with Crippen molar-refractivity contribution in [2.75, 3.05) is 6.66 Å². The molecule has 0 saturated heterocycles. The highest BCUT2D eigenvalue weighted by atomic mass is 31.2. The summed E-state index contributed by atoms with van der Waals surface area (Å²) >= 11 is 0. The number of para-hydroxylation sites is 2. The van der Waals surface area contributed by atoms with Crippen molar-refractivity contribution >= 4 is 8.38 Å². The summed E-state index contributed by atoms with van der Waals surface area (Å²) in [5, 5.41) is 0. The Balaban J connectivity index is 2.34. The molecule has 0 radical (unpaired) electrons. The van der Waals surface area contributed by atoms with E-state index in [1.54, 1.807) is 0 Å². The molecule has 0 aliphatic carbocycles. The smallest absolute Gasteiger partial charge is 0.287 e. The van der Waals surface area contributed by atoms with E-state index in [0.29, 0.717) is 0 Å². The summed E-state index contributed by atoms with van der Waals surface area (Å²) in [6, 6.07) is 12.7. The quantitative estimate of drug-likeness (QED) is 0.524. The average molecular weight is 372 g/mol. The number of hydrogen-bond acceptors (Lipinski definition) is 2. The molecule has 0 fully saturated rings. The van der Waals surface area contributed by atoms with Crippen LogP contribution in [-0.2, 0) is 10.8 Å². The lowest BCUT2D eigenvalue weighted by atomic mass is 9.85. The normalized spacial score (nSPS) is 12.4. The lowest BCUT2D eigenvalue weighted by Crippen LogP contribution is -2.15. The van der Waals surface area contributed by atoms with Gasteiger partial charge in [-0.05, 0) is 35.8 Å². The van der Waals surface area contributed by atoms with Gasteiger partial charge in [0.05, 0.1) is 0 Å². The van der Waals surface area contributed by atoms with Crippen molar-refractivity contribution in [1.82, 2.24) is 0 Å². The Morgan fingerprint density at radius 3 is 1.31 bits per heavy atom. The average Bonchev–Trinajstić information content (AvgIpc) is 2.49. The van der Waals surface area contributed by atoms with Gasteiger partial charge in [-0.2, -0.15) is 0 Å². The maximum atomic E-state index is 6.37. The highest BCUT2D eigenvalue weighted by Crippen LogP contribution is 2.45. The van der Waals surface area contributed by atoms with Crippen LogP contribution in [0.15, 0.2) is 36.4 Å². The van der Waals surface area contributed by atoms with Crippen LogP contribution in [0.3, 0.4) is 0 Å². The zero-order valence-electron chi connectivity index (χ0n) is 17.7. The largest absolute Gasteiger partial charge is 0.438 e. The Labute approximate surface area is 160 Å². The van der Waals surface area contributed by atoms with Crippen molar-refractivity contribution in [3.63, 3.8) is 0 Å². The van der Waals surface area contributed by atoms with E-state index >= 15 is 0 Å². The molecule has 0 saturated carbocycles. The van der Waals surface area contributed by atoms with Crippen molar-refractivity contribution in [2.45, 2.75) is 66.2 Å². The first-order valence-electron chi connectivity index (χ1n) is 9.21. The Morgan fingerprint density at radius 2 is 1.00 bits per heavy atom. The monoisotopic (exact) mass is 372 g/mol. The van der Waals surface area contributed by atoms with Gasteiger partial charge in [0.15, 0.2) is 0 Å². The van der Waals surface area contributed by atoms with Gasteiger partial charge in [-0.15, -0.1) is 0 Å². The minimum absolute atomic E-state index is 0.0246. The van der Waals surface area contributed by atoms with Crippen molar-refractivity contribution in [1.29, 1.82) is 0 Å². The van der Waals surface area contributed by atoms with Crippen LogP contribution in [0.4, 0.5) is 0 Å². The second-order valence-electron chi connectivity index (χ2n) is 9.03. The summed E-state index contributed by atoms with van der Waals surface area (Å²) in [6.07, 6.45) is 0. The Hall–Kier alpha value is -1.53. The molecule has 2 rings (SSSR count). The number of benzene rings is 2. The van der Waals surface area contributed by atoms with Gasteiger partial charge in [-0.25, -0.2) is 0 Å². The van der Waals surface area contributed by atoms with E-state index in [9.17, 15) is 0 Å². The van der Waals surface area contributed by atoms with Gasteiger partial charge < -0.3 is 9.05 Å². The summed E-state index contributed by atoms with van der Waals surface area (Å²) in [6.45, 7) is 19.5. The summed E-state index contributed by atoms with van der Waals surface area (Å²) < 4.78 is 12.7. The van der Waals surface area contributed by atoms with Crippen LogP contribution in [0.25, 0.3) is 0 Å². The molecule has 0 aliphatic rings. The van der Waals surface area contributed by atoms with Crippen LogP contribution in [0.1, 0.15) is 63.8 Å². The molecule has 26 heavy (non-hydrogen) atoms. The van der Waals surface area contributed by atoms with E-state index in [1.807, 2.05) is 6.66 Å². The summed E-state index contributed by atoms with van der Waals surface area (Å²) in [4.78, 5) is 0. The van der Waals surface area contributed by atoms with Crippen molar-refractivity contribution in [3.05, 3.63) is 58.7 Å². The zero-order valence-corrected chi connectivity index (χ0v) is 18.6. The van der Waals surface area contributed by atoms with Crippen LogP contribution in [-0.4, -0.2) is 6.66 Å². The summed E-state index contributed by atoms with van der Waals surface area (Å²) in [5.74, 6) is 1.92. The van der Waals surface area contributed by atoms with Gasteiger partial charge in [0.2, 0.25) is 0 Å². The molecule has 0 unspecified atom stereocenters. The van der Waals surface area contributed by atoms with Gasteiger partial charge in [0.25, 0.3) is 8.38 Å². The lowest BCUT2D eigenvalue weighted by Gasteiger charge is -2.28. The van der Waals surface area contributed by atoms with Crippen LogP contribution in [0, 0.1) is 13.8 Å². The number of aryl methyl sites for hydroxylation is 2. The molecule has 0 bridgehead atoms. The molecule has 0 aromatic heterocycles. The Bertz CT molecular complexity index is 701. The molecule has 2 aromatic rings. The zero-order chi connectivity index (χ0) is 19.7. The third kappa shape index (κ3) is 4.80. The van der Waals surface area contributed by atoms with Gasteiger partial charge in [-0.3, -0.25) is 0 Å². The van der Waals surface area contributed by atoms with Crippen LogP contribution in [0.5, 0.6) is 11.5 Å². The molecule has 3 heteroatoms. The fraction of sp³-hybridized carbons (Fsp3) is 0.478. The van der Waals surface area contributed by atoms with Crippen LogP contribution >= 0.6 is 8.38 Å². The third-order valence-electron chi connectivity index (χ3n) is 4.48. The molecular weight excluding hydrogens is 339 g/mol. The Morgan fingerprint density at radius 1 is 0.654 bits per heavy atom. The molecule has 0 spiro atoms. The minimum Gasteiger partial charge on any atom is -0.438 e. The molecule has 0 amide bonds. The highest BCUT2D eigenvalue weighted by molar-refractivity contribution is 7.47. The summed E-state index contributed by atoms with van der Waals surface area (Å²) in [7, 11) is -1.09. The van der Waals surface area contributed by atoms with Crippen molar-refractivity contribution in [2.24, 2.45) is 0 Å². The standard InChI is InChI=1S/C23H33O2P/c1-16-12-10-14-18(22(3,4)5)20(16)24-26(9)25-21-17(2)13-11-15-19(21)23(6,7)8/h10-15H,1-9H3. The van der Waals surface area contributed by atoms with E-state index in [-0.39, 0.29) is 10.8 Å². The highest BCUT2D eigenvalue weighted by Gasteiger charge is 2.25. The predicted octanol–water partition coefficient (Wildman–Crippen LogP) is 7.30. The second-order valence-corrected chi connectivity index (χ2v) is 10.3. The predicted molar refractivity (Wildman–Crippen MR) is 114 cm³/mol. The first kappa shape index (κ1) is 20.8. The first-order chi connectivity index (χ1) is 11.9. The topological polar surface area (TPSA) is 18.5 Å². The van der Waals surface area contributed by atoms with Gasteiger partial charge in [0, 0.05) is 17.8 Å². The van der Waals surface area contributed by atoms with E-state index in [0.717, 1.165) is 22.6 Å². The summed E-state index contributed by atoms with van der Waals surface area (Å²) in [5.41, 5.74) is 4.79. The number of hydrogen-bond donors (Lipinski definition) is 0. The van der Waals surface area contributed by atoms with Crippen LogP contribution < -0.4 is 9.05 Å². The fourth-order valence-corrected chi connectivity index (χ4v) is 4.04. The van der Waals surface area contributed by atoms with E-state index in [4.69, 9.17) is 9.05 Å².